The molecule has 1 heterocycles. The van der Waals surface area contributed by atoms with E-state index in [1.54, 1.807) is 0 Å². The largest absolute Gasteiger partial charge is 0.485 e. The highest BCUT2D eigenvalue weighted by molar-refractivity contribution is 5.69. The molecule has 2 unspecified atom stereocenters. The number of aliphatic carboxylic acids is 1. The van der Waals surface area contributed by atoms with Crippen molar-refractivity contribution in [1.29, 1.82) is 0 Å². The van der Waals surface area contributed by atoms with Gasteiger partial charge in [0.05, 0.1) is 6.61 Å². The van der Waals surface area contributed by atoms with E-state index in [0.29, 0.717) is 18.3 Å². The third-order valence-corrected chi connectivity index (χ3v) is 7.94. The van der Waals surface area contributed by atoms with Gasteiger partial charge in [0.2, 0.25) is 0 Å². The third-order valence-electron chi connectivity index (χ3n) is 7.94. The van der Waals surface area contributed by atoms with E-state index in [1.807, 2.05) is 20.8 Å². The highest BCUT2D eigenvalue weighted by Crippen LogP contribution is 2.43. The maximum absolute atomic E-state index is 11.0. The van der Waals surface area contributed by atoms with Crippen LogP contribution in [-0.2, 0) is 16.0 Å². The Hall–Kier alpha value is -1.75. The van der Waals surface area contributed by atoms with Crippen LogP contribution in [0.1, 0.15) is 108 Å². The van der Waals surface area contributed by atoms with Crippen molar-refractivity contribution in [3.8, 4) is 11.5 Å². The van der Waals surface area contributed by atoms with Gasteiger partial charge in [-0.3, -0.25) is 0 Å². The molecule has 0 fully saturated rings. The van der Waals surface area contributed by atoms with Gasteiger partial charge in [0.15, 0.2) is 6.61 Å². The minimum Gasteiger partial charge on any atom is -0.485 e. The Balaban J connectivity index is 1.78. The fraction of sp³-hybridized carbons (Fsp3) is 0.774. The van der Waals surface area contributed by atoms with Gasteiger partial charge in [-0.2, -0.15) is 0 Å². The lowest BCUT2D eigenvalue weighted by atomic mass is 9.87. The van der Waals surface area contributed by atoms with Gasteiger partial charge in [-0.05, 0) is 81.4 Å². The summed E-state index contributed by atoms with van der Waals surface area (Å²) in [5, 5.41) is 9.01. The smallest absolute Gasteiger partial charge is 0.341 e. The van der Waals surface area contributed by atoms with Gasteiger partial charge in [-0.1, -0.05) is 66.2 Å². The zero-order valence-corrected chi connectivity index (χ0v) is 24.3. The van der Waals surface area contributed by atoms with Gasteiger partial charge in [-0.15, -0.1) is 0 Å². The van der Waals surface area contributed by atoms with Gasteiger partial charge >= 0.3 is 5.97 Å². The van der Waals surface area contributed by atoms with Crippen LogP contribution in [-0.4, -0.2) is 36.5 Å². The van der Waals surface area contributed by atoms with Gasteiger partial charge in [0.25, 0.3) is 0 Å². The number of benzene rings is 1. The number of fused-ring (bicyclic) bond motifs is 1. The monoisotopic (exact) mass is 504 g/mol. The predicted octanol–water partition coefficient (Wildman–Crippen LogP) is 7.83. The van der Waals surface area contributed by atoms with Crippen molar-refractivity contribution in [2.24, 2.45) is 17.8 Å². The molecule has 1 N–H and O–H groups in total. The average molecular weight is 505 g/mol. The van der Waals surface area contributed by atoms with Crippen molar-refractivity contribution in [1.82, 2.24) is 0 Å². The van der Waals surface area contributed by atoms with E-state index in [2.05, 4.69) is 34.6 Å². The second-order valence-electron chi connectivity index (χ2n) is 12.1. The Kier molecular flexibility index (Phi) is 12.1. The minimum absolute atomic E-state index is 0.331. The average Bonchev–Trinajstić information content (AvgIpc) is 2.80. The summed E-state index contributed by atoms with van der Waals surface area (Å²) in [6, 6.07) is 0. The Morgan fingerprint density at radius 1 is 0.944 bits per heavy atom. The zero-order valence-electron chi connectivity index (χ0n) is 24.3. The first-order valence-electron chi connectivity index (χ1n) is 14.2. The van der Waals surface area contributed by atoms with Crippen LogP contribution in [0.15, 0.2) is 0 Å². The normalized spacial score (nSPS) is 19.0. The Bertz CT molecular complexity index is 846. The van der Waals surface area contributed by atoms with Crippen molar-refractivity contribution >= 4 is 5.97 Å². The quantitative estimate of drug-likeness (QED) is 0.232. The lowest BCUT2D eigenvalue weighted by Crippen LogP contribution is -2.41. The lowest BCUT2D eigenvalue weighted by molar-refractivity contribution is -0.139. The molecule has 5 nitrogen and oxygen atoms in total. The Morgan fingerprint density at radius 3 is 2.17 bits per heavy atom. The van der Waals surface area contributed by atoms with Gasteiger partial charge in [0, 0.05) is 12.2 Å². The van der Waals surface area contributed by atoms with E-state index in [1.165, 1.54) is 38.5 Å². The maximum Gasteiger partial charge on any atom is 0.341 e. The molecule has 1 aliphatic heterocycles. The fourth-order valence-corrected chi connectivity index (χ4v) is 5.28. The Morgan fingerprint density at radius 2 is 1.56 bits per heavy atom. The molecule has 0 amide bonds. The summed E-state index contributed by atoms with van der Waals surface area (Å²) in [4.78, 5) is 11.0. The molecule has 0 bridgehead atoms. The van der Waals surface area contributed by atoms with Crippen LogP contribution in [0, 0.1) is 38.5 Å². The molecular formula is C31H52O5. The van der Waals surface area contributed by atoms with Crippen LogP contribution >= 0.6 is 0 Å². The van der Waals surface area contributed by atoms with E-state index in [4.69, 9.17) is 19.3 Å². The summed E-state index contributed by atoms with van der Waals surface area (Å²) < 4.78 is 18.3. The lowest BCUT2D eigenvalue weighted by Gasteiger charge is -2.38. The molecule has 0 aliphatic carbocycles. The summed E-state index contributed by atoms with van der Waals surface area (Å²) in [6.07, 6.45) is 10.9. The molecule has 0 radical (unpaired) electrons. The molecule has 1 aromatic carbocycles. The molecule has 5 heteroatoms. The van der Waals surface area contributed by atoms with E-state index >= 15 is 0 Å². The number of hydrogen-bond acceptors (Lipinski definition) is 4. The van der Waals surface area contributed by atoms with Crippen LogP contribution in [0.4, 0.5) is 0 Å². The zero-order chi connectivity index (χ0) is 26.9. The number of ether oxygens (including phenoxy) is 3. The summed E-state index contributed by atoms with van der Waals surface area (Å²) in [5.41, 5.74) is 3.73. The van der Waals surface area contributed by atoms with Crippen LogP contribution in [0.5, 0.6) is 11.5 Å². The molecule has 0 spiro atoms. The van der Waals surface area contributed by atoms with E-state index in [-0.39, 0.29) is 12.2 Å². The summed E-state index contributed by atoms with van der Waals surface area (Å²) in [7, 11) is 0. The van der Waals surface area contributed by atoms with Crippen molar-refractivity contribution in [3.63, 3.8) is 0 Å². The molecule has 0 saturated heterocycles. The number of carboxylic acid groups (broad SMARTS) is 1. The number of hydrogen-bond donors (Lipinski definition) is 1. The van der Waals surface area contributed by atoms with Crippen molar-refractivity contribution < 1.29 is 24.1 Å². The minimum atomic E-state index is -0.967. The maximum atomic E-state index is 11.0. The SMILES string of the molecule is Cc1c(C)c2c(c(C)c1OCC(=O)O)CC[C@](C)(COCCC(C)CCCC(C)CCCC(C)C)O2. The number of rotatable bonds is 16. The second-order valence-corrected chi connectivity index (χ2v) is 12.1. The van der Waals surface area contributed by atoms with Crippen LogP contribution in [0.2, 0.25) is 0 Å². The highest BCUT2D eigenvalue weighted by atomic mass is 16.5. The molecule has 36 heavy (non-hydrogen) atoms. The van der Waals surface area contributed by atoms with E-state index in [0.717, 1.165) is 65.7 Å². The summed E-state index contributed by atoms with van der Waals surface area (Å²) in [5.74, 6) is 2.98. The molecule has 1 aliphatic rings. The standard InChI is InChI=1S/C31H52O5/c1-21(2)11-9-12-22(3)13-10-14-23(4)16-18-34-20-31(8)17-15-27-26(7)29(35-19-28(32)33)24(5)25(6)30(27)36-31/h21-23H,9-20H2,1-8H3,(H,32,33)/t22?,23?,31-/m1/s1. The highest BCUT2D eigenvalue weighted by Gasteiger charge is 2.35. The van der Waals surface area contributed by atoms with Crippen molar-refractivity contribution in [2.45, 2.75) is 119 Å². The second kappa shape index (κ2) is 14.3. The first-order chi connectivity index (χ1) is 16.9. The first-order valence-corrected chi connectivity index (χ1v) is 14.2. The van der Waals surface area contributed by atoms with Gasteiger partial charge in [-0.25, -0.2) is 4.79 Å². The first kappa shape index (κ1) is 30.5. The summed E-state index contributed by atoms with van der Waals surface area (Å²) >= 11 is 0. The van der Waals surface area contributed by atoms with Crippen molar-refractivity contribution in [3.05, 3.63) is 22.3 Å². The molecule has 3 atom stereocenters. The van der Waals surface area contributed by atoms with Crippen LogP contribution in [0.25, 0.3) is 0 Å². The topological polar surface area (TPSA) is 65.0 Å². The fourth-order valence-electron chi connectivity index (χ4n) is 5.28. The van der Waals surface area contributed by atoms with Gasteiger partial charge in [0.1, 0.15) is 17.1 Å². The van der Waals surface area contributed by atoms with Crippen LogP contribution in [0.3, 0.4) is 0 Å². The van der Waals surface area contributed by atoms with E-state index in [9.17, 15) is 4.79 Å². The molecule has 206 valence electrons. The third kappa shape index (κ3) is 9.28. The Labute approximate surface area is 220 Å². The molecular weight excluding hydrogens is 452 g/mol. The molecule has 0 saturated carbocycles. The summed E-state index contributed by atoms with van der Waals surface area (Å²) in [6.45, 7) is 18.5. The van der Waals surface area contributed by atoms with Gasteiger partial charge < -0.3 is 19.3 Å². The molecule has 0 aromatic heterocycles. The number of carbonyl (C=O) groups is 1. The van der Waals surface area contributed by atoms with Crippen LogP contribution < -0.4 is 9.47 Å². The predicted molar refractivity (Wildman–Crippen MR) is 147 cm³/mol. The van der Waals surface area contributed by atoms with E-state index < -0.39 is 5.97 Å². The molecule has 1 aromatic rings. The van der Waals surface area contributed by atoms with Crippen molar-refractivity contribution in [2.75, 3.05) is 19.8 Å². The molecule has 2 rings (SSSR count). The number of carboxylic acids is 1.